The van der Waals surface area contributed by atoms with E-state index < -0.39 is 11.9 Å². The minimum atomic E-state index is -0.757. The third kappa shape index (κ3) is 5.62. The molecule has 3 rings (SSSR count). The minimum absolute atomic E-state index is 0.0469. The van der Waals surface area contributed by atoms with E-state index in [2.05, 4.69) is 6.07 Å². The maximum atomic E-state index is 12.7. The summed E-state index contributed by atoms with van der Waals surface area (Å²) < 4.78 is 28.0. The van der Waals surface area contributed by atoms with E-state index in [1.54, 1.807) is 32.0 Å². The molecule has 0 amide bonds. The lowest BCUT2D eigenvalue weighted by Gasteiger charge is -2.27. The number of benzene rings is 2. The summed E-state index contributed by atoms with van der Waals surface area (Å²) in [7, 11) is 0. The number of nitrogens with zero attached hydrogens (tertiary/aromatic N) is 1. The molecule has 0 bridgehead atoms. The Bertz CT molecular complexity index is 1120. The lowest BCUT2D eigenvalue weighted by atomic mass is 9.83. The molecule has 1 aliphatic heterocycles. The number of hydrogen-bond donors (Lipinski definition) is 1. The van der Waals surface area contributed by atoms with Crippen LogP contribution in [0, 0.1) is 11.3 Å². The second kappa shape index (κ2) is 11.7. The lowest BCUT2D eigenvalue weighted by molar-refractivity contribution is -0.139. The highest BCUT2D eigenvalue weighted by Gasteiger charge is 2.36. The molecule has 1 aliphatic rings. The van der Waals surface area contributed by atoms with Crippen LogP contribution in [-0.4, -0.2) is 32.4 Å². The van der Waals surface area contributed by atoms with Gasteiger partial charge in [0, 0.05) is 0 Å². The summed E-state index contributed by atoms with van der Waals surface area (Å²) >= 11 is 0. The number of rotatable bonds is 10. The standard InChI is InChI=1S/C26H28N2O6/c1-4-30-22-15-18(11-12-21(22)33-14-13-32-19-9-7-6-8-10-19)24-20(16-27)25(28)34-17(3)23(24)26(29)31-5-2/h6-12,15,24H,4-5,13-14,28H2,1-3H3. The van der Waals surface area contributed by atoms with Crippen molar-refractivity contribution in [3.05, 3.63) is 76.9 Å². The molecule has 0 saturated heterocycles. The topological polar surface area (TPSA) is 113 Å². The Balaban J connectivity index is 1.87. The molecule has 0 aliphatic carbocycles. The van der Waals surface area contributed by atoms with Crippen LogP contribution in [0.2, 0.25) is 0 Å². The first-order chi connectivity index (χ1) is 16.5. The molecule has 34 heavy (non-hydrogen) atoms. The quantitative estimate of drug-likeness (QED) is 0.411. The molecule has 2 aromatic rings. The molecule has 2 aromatic carbocycles. The van der Waals surface area contributed by atoms with Gasteiger partial charge in [0.15, 0.2) is 11.5 Å². The summed E-state index contributed by atoms with van der Waals surface area (Å²) in [5.74, 6) is 0.666. The second-order valence-electron chi connectivity index (χ2n) is 7.26. The van der Waals surface area contributed by atoms with Gasteiger partial charge in [-0.25, -0.2) is 4.79 Å². The van der Waals surface area contributed by atoms with Gasteiger partial charge in [0.1, 0.15) is 36.4 Å². The van der Waals surface area contributed by atoms with E-state index in [-0.39, 0.29) is 29.4 Å². The van der Waals surface area contributed by atoms with Gasteiger partial charge >= 0.3 is 5.97 Å². The maximum absolute atomic E-state index is 12.7. The van der Waals surface area contributed by atoms with Gasteiger partial charge in [-0.15, -0.1) is 0 Å². The normalized spacial score (nSPS) is 15.3. The van der Waals surface area contributed by atoms with Crippen LogP contribution in [0.5, 0.6) is 17.2 Å². The van der Waals surface area contributed by atoms with Gasteiger partial charge in [-0.3, -0.25) is 0 Å². The molecular weight excluding hydrogens is 436 g/mol. The summed E-state index contributed by atoms with van der Waals surface area (Å²) in [4.78, 5) is 12.7. The van der Waals surface area contributed by atoms with Crippen LogP contribution in [0.25, 0.3) is 0 Å². The molecule has 178 valence electrons. The molecular formula is C26H28N2O6. The fourth-order valence-corrected chi connectivity index (χ4v) is 3.61. The number of carbonyl (C=O) groups is 1. The Morgan fingerprint density at radius 2 is 1.76 bits per heavy atom. The van der Waals surface area contributed by atoms with Gasteiger partial charge in [0.05, 0.1) is 24.7 Å². The second-order valence-corrected chi connectivity index (χ2v) is 7.26. The average molecular weight is 465 g/mol. The van der Waals surface area contributed by atoms with E-state index in [0.29, 0.717) is 36.9 Å². The first kappa shape index (κ1) is 24.5. The van der Waals surface area contributed by atoms with E-state index in [4.69, 9.17) is 29.4 Å². The molecule has 0 fully saturated rings. The SMILES string of the molecule is CCOC(=O)C1=C(C)OC(N)=C(C#N)C1c1ccc(OCCOc2ccccc2)c(OCC)c1. The van der Waals surface area contributed by atoms with Crippen molar-refractivity contribution in [3.8, 4) is 23.3 Å². The van der Waals surface area contributed by atoms with Gasteiger partial charge < -0.3 is 29.4 Å². The Hall–Kier alpha value is -4.12. The van der Waals surface area contributed by atoms with Crippen molar-refractivity contribution in [1.82, 2.24) is 0 Å². The van der Waals surface area contributed by atoms with Crippen LogP contribution in [0.15, 0.2) is 71.3 Å². The number of hydrogen-bond acceptors (Lipinski definition) is 8. The van der Waals surface area contributed by atoms with E-state index >= 15 is 0 Å². The van der Waals surface area contributed by atoms with Crippen LogP contribution in [0.4, 0.5) is 0 Å². The number of ether oxygens (including phenoxy) is 5. The summed E-state index contributed by atoms with van der Waals surface area (Å²) in [6.07, 6.45) is 0. The fourth-order valence-electron chi connectivity index (χ4n) is 3.61. The lowest BCUT2D eigenvalue weighted by Crippen LogP contribution is -2.25. The highest BCUT2D eigenvalue weighted by atomic mass is 16.5. The Morgan fingerprint density at radius 3 is 2.44 bits per heavy atom. The average Bonchev–Trinajstić information content (AvgIpc) is 2.83. The van der Waals surface area contributed by atoms with Crippen LogP contribution in [0.3, 0.4) is 0 Å². The third-order valence-corrected chi connectivity index (χ3v) is 5.05. The number of esters is 1. The summed E-state index contributed by atoms with van der Waals surface area (Å²) in [6, 6.07) is 16.8. The molecule has 8 nitrogen and oxygen atoms in total. The molecule has 1 unspecified atom stereocenters. The smallest absolute Gasteiger partial charge is 0.338 e. The molecule has 0 aromatic heterocycles. The molecule has 2 N–H and O–H groups in total. The first-order valence-corrected chi connectivity index (χ1v) is 11.0. The van der Waals surface area contributed by atoms with Crippen molar-refractivity contribution in [2.75, 3.05) is 26.4 Å². The van der Waals surface area contributed by atoms with Crippen molar-refractivity contribution in [2.45, 2.75) is 26.7 Å². The zero-order valence-electron chi connectivity index (χ0n) is 19.5. The van der Waals surface area contributed by atoms with Gasteiger partial charge in [-0.2, -0.15) is 5.26 Å². The number of allylic oxidation sites excluding steroid dienone is 2. The highest BCUT2D eigenvalue weighted by molar-refractivity contribution is 5.92. The van der Waals surface area contributed by atoms with Crippen molar-refractivity contribution in [3.63, 3.8) is 0 Å². The molecule has 1 heterocycles. The number of carbonyl (C=O) groups excluding carboxylic acids is 1. The van der Waals surface area contributed by atoms with Gasteiger partial charge in [-0.05, 0) is 50.6 Å². The maximum Gasteiger partial charge on any atom is 0.338 e. The Kier molecular flexibility index (Phi) is 8.41. The zero-order valence-corrected chi connectivity index (χ0v) is 19.5. The summed E-state index contributed by atoms with van der Waals surface area (Å²) in [5.41, 5.74) is 6.95. The molecule has 1 atom stereocenters. The largest absolute Gasteiger partial charge is 0.490 e. The predicted molar refractivity (Wildman–Crippen MR) is 125 cm³/mol. The monoisotopic (exact) mass is 464 g/mol. The summed E-state index contributed by atoms with van der Waals surface area (Å²) in [5, 5.41) is 9.76. The number of nitriles is 1. The van der Waals surface area contributed by atoms with Crippen molar-refractivity contribution in [2.24, 2.45) is 5.73 Å². The van der Waals surface area contributed by atoms with Crippen molar-refractivity contribution in [1.29, 1.82) is 5.26 Å². The van der Waals surface area contributed by atoms with Gasteiger partial charge in [0.2, 0.25) is 5.88 Å². The summed E-state index contributed by atoms with van der Waals surface area (Å²) in [6.45, 7) is 6.42. The Labute approximate surface area is 199 Å². The molecule has 0 spiro atoms. The van der Waals surface area contributed by atoms with Gasteiger partial charge in [0.25, 0.3) is 0 Å². The van der Waals surface area contributed by atoms with Crippen molar-refractivity contribution >= 4 is 5.97 Å². The van der Waals surface area contributed by atoms with E-state index in [1.165, 1.54) is 0 Å². The van der Waals surface area contributed by atoms with Crippen LogP contribution in [-0.2, 0) is 14.3 Å². The fraction of sp³-hybridized carbons (Fsp3) is 0.308. The number of nitrogens with two attached hydrogens (primary N) is 1. The van der Waals surface area contributed by atoms with E-state index in [0.717, 1.165) is 5.75 Å². The highest BCUT2D eigenvalue weighted by Crippen LogP contribution is 2.42. The molecule has 8 heteroatoms. The predicted octanol–water partition coefficient (Wildman–Crippen LogP) is 4.19. The van der Waals surface area contributed by atoms with E-state index in [1.807, 2.05) is 37.3 Å². The van der Waals surface area contributed by atoms with Crippen LogP contribution in [0.1, 0.15) is 32.3 Å². The third-order valence-electron chi connectivity index (χ3n) is 5.05. The van der Waals surface area contributed by atoms with Crippen molar-refractivity contribution < 1.29 is 28.5 Å². The van der Waals surface area contributed by atoms with E-state index in [9.17, 15) is 10.1 Å². The van der Waals surface area contributed by atoms with Crippen LogP contribution < -0.4 is 19.9 Å². The number of para-hydroxylation sites is 1. The van der Waals surface area contributed by atoms with Crippen LogP contribution >= 0.6 is 0 Å². The zero-order chi connectivity index (χ0) is 24.5. The molecule has 0 saturated carbocycles. The molecule has 0 radical (unpaired) electrons. The minimum Gasteiger partial charge on any atom is -0.490 e. The first-order valence-electron chi connectivity index (χ1n) is 11.0. The Morgan fingerprint density at radius 1 is 1.03 bits per heavy atom. The van der Waals surface area contributed by atoms with Gasteiger partial charge in [-0.1, -0.05) is 24.3 Å².